The van der Waals surface area contributed by atoms with Gasteiger partial charge in [0.15, 0.2) is 17.3 Å². The van der Waals surface area contributed by atoms with E-state index in [2.05, 4.69) is 25.7 Å². The minimum Gasteiger partial charge on any atom is -0.458 e. The fourth-order valence-electron chi connectivity index (χ4n) is 4.38. The minimum absolute atomic E-state index is 0.00555. The Kier molecular flexibility index (Phi) is 5.14. The Bertz CT molecular complexity index is 1020. The molecule has 1 aromatic carbocycles. The third-order valence-electron chi connectivity index (χ3n) is 5.59. The maximum Gasteiger partial charge on any atom is 0.337 e. The molecule has 3 aliphatic rings. The van der Waals surface area contributed by atoms with Crippen molar-refractivity contribution in [2.45, 2.75) is 39.5 Å². The lowest BCUT2D eigenvalue weighted by Gasteiger charge is -2.39. The Balaban J connectivity index is 1.89. The average molecular weight is 430 g/mol. The van der Waals surface area contributed by atoms with Gasteiger partial charge in [0.05, 0.1) is 5.57 Å². The molecule has 0 spiro atoms. The molecule has 1 atom stereocenters. The highest BCUT2D eigenvalue weighted by molar-refractivity contribution is 6.32. The summed E-state index contributed by atoms with van der Waals surface area (Å²) in [5.74, 6) is -0.0874. The number of halogens is 1. The van der Waals surface area contributed by atoms with Crippen LogP contribution in [0.1, 0.15) is 45.1 Å². The van der Waals surface area contributed by atoms with Gasteiger partial charge in [-0.2, -0.15) is 0 Å². The molecule has 6 nitrogen and oxygen atoms in total. The highest BCUT2D eigenvalue weighted by atomic mass is 35.5. The van der Waals surface area contributed by atoms with E-state index in [0.29, 0.717) is 51.8 Å². The Labute approximate surface area is 180 Å². The Hall–Kier alpha value is -2.73. The molecule has 0 bridgehead atoms. The van der Waals surface area contributed by atoms with Gasteiger partial charge in [-0.15, -0.1) is 0 Å². The molecule has 4 rings (SSSR count). The van der Waals surface area contributed by atoms with E-state index in [1.165, 1.54) is 6.08 Å². The van der Waals surface area contributed by atoms with Crippen molar-refractivity contribution in [2.24, 2.45) is 5.41 Å². The molecule has 30 heavy (non-hydrogen) atoms. The molecule has 7 heteroatoms. The maximum absolute atomic E-state index is 13.3. The van der Waals surface area contributed by atoms with Crippen molar-refractivity contribution < 1.29 is 23.8 Å². The van der Waals surface area contributed by atoms with E-state index >= 15 is 0 Å². The van der Waals surface area contributed by atoms with Gasteiger partial charge in [0.1, 0.15) is 6.61 Å². The van der Waals surface area contributed by atoms with Gasteiger partial charge in [0.25, 0.3) is 0 Å². The van der Waals surface area contributed by atoms with Crippen LogP contribution in [0.3, 0.4) is 0 Å². The number of carbonyl (C=O) groups is 2. The number of ketones is 1. The number of benzene rings is 1. The molecule has 0 fully saturated rings. The van der Waals surface area contributed by atoms with Crippen LogP contribution in [0, 0.1) is 5.41 Å². The van der Waals surface area contributed by atoms with E-state index in [1.54, 1.807) is 12.1 Å². The summed E-state index contributed by atoms with van der Waals surface area (Å²) in [6, 6.07) is 3.42. The van der Waals surface area contributed by atoms with Crippen LogP contribution in [-0.2, 0) is 14.3 Å². The zero-order valence-electron chi connectivity index (χ0n) is 17.3. The summed E-state index contributed by atoms with van der Waals surface area (Å²) >= 11 is 6.62. The van der Waals surface area contributed by atoms with Crippen LogP contribution >= 0.6 is 11.6 Å². The van der Waals surface area contributed by atoms with Gasteiger partial charge in [0, 0.05) is 40.4 Å². The number of rotatable bonds is 4. The summed E-state index contributed by atoms with van der Waals surface area (Å²) in [4.78, 5) is 26.3. The van der Waals surface area contributed by atoms with Gasteiger partial charge >= 0.3 is 5.97 Å². The number of Topliss-reactive ketones (excluding diaryl/α,β-unsaturated/α-hetero) is 1. The number of nitrogens with one attached hydrogen (secondary N) is 1. The van der Waals surface area contributed by atoms with Crippen molar-refractivity contribution in [1.29, 1.82) is 0 Å². The zero-order chi connectivity index (χ0) is 21.6. The highest BCUT2D eigenvalue weighted by Crippen LogP contribution is 2.50. The van der Waals surface area contributed by atoms with E-state index < -0.39 is 11.9 Å². The molecule has 1 aliphatic carbocycles. The third-order valence-corrected chi connectivity index (χ3v) is 5.92. The number of allylic oxidation sites excluding steroid dienone is 3. The Morgan fingerprint density at radius 2 is 2.03 bits per heavy atom. The van der Waals surface area contributed by atoms with Crippen LogP contribution in [0.5, 0.6) is 11.5 Å². The van der Waals surface area contributed by atoms with Gasteiger partial charge < -0.3 is 19.5 Å². The van der Waals surface area contributed by atoms with Gasteiger partial charge in [-0.05, 0) is 30.4 Å². The van der Waals surface area contributed by atoms with Gasteiger partial charge in [0.2, 0.25) is 6.79 Å². The second kappa shape index (κ2) is 7.51. The summed E-state index contributed by atoms with van der Waals surface area (Å²) in [7, 11) is 0. The predicted octanol–water partition coefficient (Wildman–Crippen LogP) is 4.40. The number of carbonyl (C=O) groups excluding carboxylic acids is 2. The lowest BCUT2D eigenvalue weighted by atomic mass is 9.68. The molecule has 0 radical (unpaired) electrons. The van der Waals surface area contributed by atoms with E-state index in [1.807, 2.05) is 6.92 Å². The van der Waals surface area contributed by atoms with E-state index in [9.17, 15) is 9.59 Å². The largest absolute Gasteiger partial charge is 0.458 e. The lowest BCUT2D eigenvalue weighted by Crippen LogP contribution is -2.38. The Morgan fingerprint density at radius 3 is 2.73 bits per heavy atom. The maximum atomic E-state index is 13.3. The predicted molar refractivity (Wildman–Crippen MR) is 112 cm³/mol. The second-order valence-electron chi connectivity index (χ2n) is 8.54. The van der Waals surface area contributed by atoms with Crippen molar-refractivity contribution in [2.75, 3.05) is 13.4 Å². The van der Waals surface area contributed by atoms with Crippen molar-refractivity contribution in [3.05, 3.63) is 57.9 Å². The SMILES string of the molecule is C=CCOC(=O)C1=C(C)NC2=C(C(=O)CC(C)(C)C2)[C@@H]1c1cc2c(cc1Cl)OCO2. The quantitative estimate of drug-likeness (QED) is 0.564. The lowest BCUT2D eigenvalue weighted by molar-refractivity contribution is -0.138. The van der Waals surface area contributed by atoms with Crippen molar-refractivity contribution >= 4 is 23.4 Å². The minimum atomic E-state index is -0.649. The molecule has 1 N–H and O–H groups in total. The first-order valence-electron chi connectivity index (χ1n) is 9.83. The summed E-state index contributed by atoms with van der Waals surface area (Å²) in [6.45, 7) is 9.71. The van der Waals surface area contributed by atoms with Crippen molar-refractivity contribution in [1.82, 2.24) is 5.32 Å². The number of fused-ring (bicyclic) bond motifs is 1. The van der Waals surface area contributed by atoms with Crippen LogP contribution in [0.15, 0.2) is 47.3 Å². The fourth-order valence-corrected chi connectivity index (χ4v) is 4.65. The molecule has 1 aromatic rings. The van der Waals surface area contributed by atoms with Gasteiger partial charge in [-0.25, -0.2) is 4.79 Å². The number of hydrogen-bond acceptors (Lipinski definition) is 6. The molecule has 2 heterocycles. The molecular weight excluding hydrogens is 406 g/mol. The van der Waals surface area contributed by atoms with E-state index in [4.69, 9.17) is 25.8 Å². The molecular formula is C23H24ClNO5. The first-order chi connectivity index (χ1) is 14.2. The van der Waals surface area contributed by atoms with Crippen LogP contribution in [0.2, 0.25) is 5.02 Å². The summed E-state index contributed by atoms with van der Waals surface area (Å²) < 4.78 is 16.3. The number of dihydropyridines is 1. The molecule has 0 amide bonds. The standard InChI is InChI=1S/C23H24ClNO5/c1-5-6-28-22(27)19-12(2)25-15-9-23(3,4)10-16(26)21(15)20(19)13-7-17-18(8-14(13)24)30-11-29-17/h5,7-8,20,25H,1,6,9-11H2,2-4H3/t20-/m1/s1. The normalized spacial score (nSPS) is 21.9. The summed E-state index contributed by atoms with van der Waals surface area (Å²) in [5.41, 5.74) is 2.84. The molecule has 0 aromatic heterocycles. The van der Waals surface area contributed by atoms with Crippen LogP contribution < -0.4 is 14.8 Å². The monoisotopic (exact) mass is 429 g/mol. The molecule has 0 saturated heterocycles. The zero-order valence-corrected chi connectivity index (χ0v) is 18.0. The molecule has 0 saturated carbocycles. The van der Waals surface area contributed by atoms with Crippen molar-refractivity contribution in [3.63, 3.8) is 0 Å². The fraction of sp³-hybridized carbons (Fsp3) is 0.391. The topological polar surface area (TPSA) is 73.9 Å². The summed E-state index contributed by atoms with van der Waals surface area (Å²) in [5, 5.41) is 3.70. The van der Waals surface area contributed by atoms with Gasteiger partial charge in [-0.1, -0.05) is 38.1 Å². The number of hydrogen-bond donors (Lipinski definition) is 1. The van der Waals surface area contributed by atoms with Crippen LogP contribution in [0.4, 0.5) is 0 Å². The van der Waals surface area contributed by atoms with E-state index in [0.717, 1.165) is 5.70 Å². The first-order valence-corrected chi connectivity index (χ1v) is 10.2. The molecule has 2 aliphatic heterocycles. The molecule has 0 unspecified atom stereocenters. The summed E-state index contributed by atoms with van der Waals surface area (Å²) in [6.07, 6.45) is 2.59. The number of esters is 1. The molecule has 158 valence electrons. The van der Waals surface area contributed by atoms with E-state index in [-0.39, 0.29) is 24.6 Å². The number of ether oxygens (including phenoxy) is 3. The highest BCUT2D eigenvalue weighted by Gasteiger charge is 2.44. The van der Waals surface area contributed by atoms with Gasteiger partial charge in [-0.3, -0.25) is 4.79 Å². The average Bonchev–Trinajstić information content (AvgIpc) is 3.10. The van der Waals surface area contributed by atoms with Crippen LogP contribution in [-0.4, -0.2) is 25.2 Å². The third kappa shape index (κ3) is 3.49. The Morgan fingerprint density at radius 1 is 1.33 bits per heavy atom. The van der Waals surface area contributed by atoms with Crippen molar-refractivity contribution in [3.8, 4) is 11.5 Å². The van der Waals surface area contributed by atoms with Crippen LogP contribution in [0.25, 0.3) is 0 Å². The smallest absolute Gasteiger partial charge is 0.337 e. The first kappa shape index (κ1) is 20.5. The second-order valence-corrected chi connectivity index (χ2v) is 8.95.